The van der Waals surface area contributed by atoms with E-state index in [1.165, 1.54) is 30.3 Å². The molecular weight excluding hydrogens is 536 g/mol. The topological polar surface area (TPSA) is 27.7 Å². The summed E-state index contributed by atoms with van der Waals surface area (Å²) in [5.74, 6) is -4.65. The Hall–Kier alpha value is -3.76. The van der Waals surface area contributed by atoms with E-state index in [-0.39, 0.29) is 23.7 Å². The Balaban J connectivity index is 1.42. The van der Waals surface area contributed by atoms with Crippen LogP contribution in [0.1, 0.15) is 36.3 Å². The van der Waals surface area contributed by atoms with Crippen LogP contribution in [0, 0.1) is 24.4 Å². The number of benzene rings is 3. The van der Waals surface area contributed by atoms with E-state index in [4.69, 9.17) is 4.74 Å². The molecule has 3 aromatic rings. The zero-order chi connectivity index (χ0) is 28.4. The van der Waals surface area contributed by atoms with E-state index in [0.717, 1.165) is 11.6 Å². The molecule has 0 heterocycles. The van der Waals surface area contributed by atoms with E-state index in [2.05, 4.69) is 9.47 Å². The Morgan fingerprint density at radius 2 is 1.49 bits per heavy atom. The lowest BCUT2D eigenvalue weighted by Crippen LogP contribution is -2.32. The van der Waals surface area contributed by atoms with Crippen molar-refractivity contribution in [3.63, 3.8) is 0 Å². The fourth-order valence-electron chi connectivity index (χ4n) is 4.25. The molecule has 0 amide bonds. The first-order chi connectivity index (χ1) is 18.3. The molecule has 0 saturated carbocycles. The Morgan fingerprint density at radius 1 is 0.821 bits per heavy atom. The molecule has 1 unspecified atom stereocenters. The smallest absolute Gasteiger partial charge is 0.480 e. The lowest BCUT2D eigenvalue weighted by molar-refractivity contribution is -0.307. The van der Waals surface area contributed by atoms with Gasteiger partial charge in [0.2, 0.25) is 0 Å². The highest BCUT2D eigenvalue weighted by Crippen LogP contribution is 2.37. The van der Waals surface area contributed by atoms with Gasteiger partial charge in [-0.05, 0) is 60.6 Å². The molecule has 0 radical (unpaired) electrons. The number of hydrogen-bond acceptors (Lipinski definition) is 3. The van der Waals surface area contributed by atoms with Crippen LogP contribution in [0.2, 0.25) is 0 Å². The maximum Gasteiger partial charge on any atom is 0.572 e. The largest absolute Gasteiger partial charge is 0.572 e. The SMILES string of the molecule is Cc1ccc(OCC(F)(F)Oc2cc(F)c(-c3ccc(C4CC=C(OC(F)(F)F)CC4)cc3)c(F)c2)c(F)c1. The van der Waals surface area contributed by atoms with Gasteiger partial charge in [0.05, 0.1) is 5.56 Å². The van der Waals surface area contributed by atoms with Gasteiger partial charge in [0.15, 0.2) is 18.2 Å². The molecular formula is C28H22F8O3. The summed E-state index contributed by atoms with van der Waals surface area (Å²) in [5.41, 5.74) is 0.965. The molecule has 4 rings (SSSR count). The van der Waals surface area contributed by atoms with Crippen molar-refractivity contribution in [3.05, 3.63) is 95.0 Å². The third kappa shape index (κ3) is 7.42. The van der Waals surface area contributed by atoms with E-state index < -0.39 is 53.6 Å². The van der Waals surface area contributed by atoms with Gasteiger partial charge in [-0.2, -0.15) is 8.78 Å². The second-order valence-electron chi connectivity index (χ2n) is 9.04. The molecule has 3 aromatic carbocycles. The minimum absolute atomic E-state index is 0.0896. The fraction of sp³-hybridized carbons (Fsp3) is 0.286. The van der Waals surface area contributed by atoms with Crippen LogP contribution in [0.4, 0.5) is 35.1 Å². The highest BCUT2D eigenvalue weighted by Gasteiger charge is 2.35. The molecule has 1 aliphatic carbocycles. The average molecular weight is 558 g/mol. The van der Waals surface area contributed by atoms with Crippen LogP contribution < -0.4 is 9.47 Å². The maximum atomic E-state index is 14.8. The van der Waals surface area contributed by atoms with Crippen LogP contribution in [0.3, 0.4) is 0 Å². The number of aryl methyl sites for hydroxylation is 1. The zero-order valence-corrected chi connectivity index (χ0v) is 20.4. The normalized spacial score (nSPS) is 16.0. The van der Waals surface area contributed by atoms with Gasteiger partial charge in [0.25, 0.3) is 0 Å². The molecule has 0 fully saturated rings. The van der Waals surface area contributed by atoms with Crippen LogP contribution >= 0.6 is 0 Å². The van der Waals surface area contributed by atoms with Gasteiger partial charge >= 0.3 is 12.5 Å². The molecule has 0 spiro atoms. The van der Waals surface area contributed by atoms with Gasteiger partial charge in [-0.3, -0.25) is 0 Å². The highest BCUT2D eigenvalue weighted by atomic mass is 19.4. The molecule has 39 heavy (non-hydrogen) atoms. The Kier molecular flexibility index (Phi) is 8.08. The standard InChI is InChI=1S/C28H22F8O3/c1-16-2-11-25(22(29)12-16)37-15-27(32,33)38-21-13-23(30)26(24(31)14-21)19-5-3-17(4-6-19)18-7-9-20(10-8-18)39-28(34,35)36/h2-6,9,11-14,18H,7-8,10,15H2,1H3. The van der Waals surface area contributed by atoms with E-state index in [0.29, 0.717) is 30.5 Å². The van der Waals surface area contributed by atoms with Crippen LogP contribution in [-0.2, 0) is 4.74 Å². The number of hydrogen-bond donors (Lipinski definition) is 0. The van der Waals surface area contributed by atoms with Crippen molar-refractivity contribution in [1.29, 1.82) is 0 Å². The van der Waals surface area contributed by atoms with Gasteiger partial charge in [-0.15, -0.1) is 13.2 Å². The van der Waals surface area contributed by atoms with Gasteiger partial charge in [-0.25, -0.2) is 13.2 Å². The van der Waals surface area contributed by atoms with Crippen LogP contribution in [0.25, 0.3) is 11.1 Å². The number of rotatable bonds is 8. The summed E-state index contributed by atoms with van der Waals surface area (Å²) < 4.78 is 122. The third-order valence-corrected chi connectivity index (χ3v) is 6.05. The summed E-state index contributed by atoms with van der Waals surface area (Å²) in [6.07, 6.45) is -6.63. The minimum atomic E-state index is -4.75. The van der Waals surface area contributed by atoms with Gasteiger partial charge in [0, 0.05) is 18.6 Å². The van der Waals surface area contributed by atoms with Gasteiger partial charge in [0.1, 0.15) is 23.1 Å². The van der Waals surface area contributed by atoms with E-state index >= 15 is 0 Å². The van der Waals surface area contributed by atoms with Crippen LogP contribution in [-0.4, -0.2) is 19.1 Å². The van der Waals surface area contributed by atoms with E-state index in [1.54, 1.807) is 19.1 Å². The predicted octanol–water partition coefficient (Wildman–Crippen LogP) is 8.82. The molecule has 1 aliphatic rings. The quantitative estimate of drug-likeness (QED) is 0.259. The molecule has 208 valence electrons. The van der Waals surface area contributed by atoms with Crippen molar-refractivity contribution >= 4 is 0 Å². The molecule has 0 aliphatic heterocycles. The summed E-state index contributed by atoms with van der Waals surface area (Å²) in [6.45, 7) is 0.204. The Labute approximate surface area is 218 Å². The number of halogens is 8. The second kappa shape index (κ2) is 11.2. The lowest BCUT2D eigenvalue weighted by atomic mass is 9.86. The van der Waals surface area contributed by atoms with Gasteiger partial charge in [-0.1, -0.05) is 30.3 Å². The van der Waals surface area contributed by atoms with Crippen LogP contribution in [0.5, 0.6) is 11.5 Å². The fourth-order valence-corrected chi connectivity index (χ4v) is 4.25. The summed E-state index contributed by atoms with van der Waals surface area (Å²) in [5, 5.41) is 0. The number of allylic oxidation sites excluding steroid dienone is 2. The first-order valence-corrected chi connectivity index (χ1v) is 11.8. The summed E-state index contributed by atoms with van der Waals surface area (Å²) >= 11 is 0. The Morgan fingerprint density at radius 3 is 2.05 bits per heavy atom. The third-order valence-electron chi connectivity index (χ3n) is 6.05. The summed E-state index contributed by atoms with van der Waals surface area (Å²) in [4.78, 5) is 0. The van der Waals surface area contributed by atoms with Gasteiger partial charge < -0.3 is 14.2 Å². The molecule has 1 atom stereocenters. The van der Waals surface area contributed by atoms with Crippen molar-refractivity contribution in [1.82, 2.24) is 0 Å². The first kappa shape index (κ1) is 28.3. The molecule has 0 saturated heterocycles. The Bertz CT molecular complexity index is 1330. The van der Waals surface area contributed by atoms with E-state index in [9.17, 15) is 35.1 Å². The van der Waals surface area contributed by atoms with Crippen molar-refractivity contribution in [2.75, 3.05) is 6.61 Å². The predicted molar refractivity (Wildman–Crippen MR) is 126 cm³/mol. The molecule has 0 bridgehead atoms. The number of alkyl halides is 5. The summed E-state index contributed by atoms with van der Waals surface area (Å²) in [6, 6.07) is 11.0. The second-order valence-corrected chi connectivity index (χ2v) is 9.04. The van der Waals surface area contributed by atoms with E-state index in [1.807, 2.05) is 0 Å². The van der Waals surface area contributed by atoms with Crippen LogP contribution in [0.15, 0.2) is 66.4 Å². The lowest BCUT2D eigenvalue weighted by Gasteiger charge is -2.23. The van der Waals surface area contributed by atoms with Crippen molar-refractivity contribution in [2.45, 2.75) is 44.6 Å². The molecule has 11 heteroatoms. The number of ether oxygens (including phenoxy) is 3. The molecule has 0 N–H and O–H groups in total. The summed E-state index contributed by atoms with van der Waals surface area (Å²) in [7, 11) is 0. The monoisotopic (exact) mass is 558 g/mol. The van der Waals surface area contributed by atoms with Crippen molar-refractivity contribution in [2.24, 2.45) is 0 Å². The average Bonchev–Trinajstić information content (AvgIpc) is 2.83. The molecule has 3 nitrogen and oxygen atoms in total. The first-order valence-electron chi connectivity index (χ1n) is 11.8. The van der Waals surface area contributed by atoms with Crippen molar-refractivity contribution in [3.8, 4) is 22.6 Å². The molecule has 0 aromatic heterocycles. The highest BCUT2D eigenvalue weighted by molar-refractivity contribution is 5.66. The minimum Gasteiger partial charge on any atom is -0.480 e. The zero-order valence-electron chi connectivity index (χ0n) is 20.4. The maximum absolute atomic E-state index is 14.8. The van der Waals surface area contributed by atoms with Crippen molar-refractivity contribution < 1.29 is 49.3 Å².